The first-order chi connectivity index (χ1) is 15.4. The number of anilines is 3. The van der Waals surface area contributed by atoms with E-state index in [1.54, 1.807) is 6.07 Å². The number of primary amides is 1. The summed E-state index contributed by atoms with van der Waals surface area (Å²) in [7, 11) is 6.05. The maximum atomic E-state index is 12.0. The predicted molar refractivity (Wildman–Crippen MR) is 128 cm³/mol. The van der Waals surface area contributed by atoms with Crippen molar-refractivity contribution in [3.63, 3.8) is 0 Å². The number of nitrogens with zero attached hydrogens (tertiary/aromatic N) is 4. The lowest BCUT2D eigenvalue weighted by atomic mass is 10.1. The van der Waals surface area contributed by atoms with E-state index in [9.17, 15) is 4.79 Å². The summed E-state index contributed by atoms with van der Waals surface area (Å²) in [4.78, 5) is 22.8. The second-order valence-corrected chi connectivity index (χ2v) is 8.03. The summed E-state index contributed by atoms with van der Waals surface area (Å²) in [6.07, 6.45) is 5.35. The van der Waals surface area contributed by atoms with Gasteiger partial charge in [-0.25, -0.2) is 9.97 Å². The highest BCUT2D eigenvalue weighted by Gasteiger charge is 2.12. The van der Waals surface area contributed by atoms with Gasteiger partial charge < -0.3 is 25.8 Å². The largest absolute Gasteiger partial charge is 0.380 e. The van der Waals surface area contributed by atoms with E-state index in [-0.39, 0.29) is 0 Å². The molecule has 4 rings (SSSR count). The number of aryl methyl sites for hydroxylation is 1. The normalized spacial score (nSPS) is 11.1. The molecule has 8 nitrogen and oxygen atoms in total. The molecule has 0 atom stereocenters. The Labute approximate surface area is 187 Å². The molecule has 0 unspecified atom stereocenters. The summed E-state index contributed by atoms with van der Waals surface area (Å²) < 4.78 is 2.09. The van der Waals surface area contributed by atoms with Gasteiger partial charge in [0, 0.05) is 44.8 Å². The van der Waals surface area contributed by atoms with Gasteiger partial charge in [-0.05, 0) is 42.7 Å². The summed E-state index contributed by atoms with van der Waals surface area (Å²) in [5, 5.41) is 7.72. The number of carbonyl (C=O) groups excluding carboxylic acids is 1. The number of amides is 1. The molecule has 0 saturated heterocycles. The summed E-state index contributed by atoms with van der Waals surface area (Å²) in [6.45, 7) is 1.36. The minimum atomic E-state index is -0.533. The highest BCUT2D eigenvalue weighted by molar-refractivity contribution is 5.98. The summed E-state index contributed by atoms with van der Waals surface area (Å²) in [6, 6.07) is 14.0. The number of hydrogen-bond acceptors (Lipinski definition) is 6. The van der Waals surface area contributed by atoms with Crippen LogP contribution in [-0.2, 0) is 20.1 Å². The molecule has 4 N–H and O–H groups in total. The van der Waals surface area contributed by atoms with Crippen LogP contribution < -0.4 is 16.4 Å². The lowest BCUT2D eigenvalue weighted by Gasteiger charge is -2.14. The Morgan fingerprint density at radius 2 is 1.91 bits per heavy atom. The summed E-state index contributed by atoms with van der Waals surface area (Å²) >= 11 is 0. The number of rotatable bonds is 8. The van der Waals surface area contributed by atoms with Crippen LogP contribution in [0.2, 0.25) is 0 Å². The van der Waals surface area contributed by atoms with Gasteiger partial charge in [-0.3, -0.25) is 4.79 Å². The van der Waals surface area contributed by atoms with E-state index >= 15 is 0 Å². The van der Waals surface area contributed by atoms with E-state index in [0.29, 0.717) is 29.4 Å². The van der Waals surface area contributed by atoms with E-state index in [4.69, 9.17) is 5.73 Å². The lowest BCUT2D eigenvalue weighted by Crippen LogP contribution is -2.15. The average Bonchev–Trinajstić information content (AvgIpc) is 3.15. The van der Waals surface area contributed by atoms with Crippen LogP contribution in [0.3, 0.4) is 0 Å². The number of para-hydroxylation sites is 1. The molecule has 0 aliphatic heterocycles. The van der Waals surface area contributed by atoms with Crippen LogP contribution in [0.4, 0.5) is 17.3 Å². The van der Waals surface area contributed by atoms with Crippen LogP contribution >= 0.6 is 0 Å². The molecule has 164 valence electrons. The Bertz CT molecular complexity index is 1250. The van der Waals surface area contributed by atoms with Gasteiger partial charge in [0.2, 0.25) is 0 Å². The fraction of sp³-hybridized carbons (Fsp3) is 0.208. The molecule has 32 heavy (non-hydrogen) atoms. The smallest absolute Gasteiger partial charge is 0.252 e. The monoisotopic (exact) mass is 429 g/mol. The number of pyridine rings is 2. The van der Waals surface area contributed by atoms with Crippen molar-refractivity contribution in [1.82, 2.24) is 19.4 Å². The number of carbonyl (C=O) groups is 1. The fourth-order valence-corrected chi connectivity index (χ4v) is 3.73. The maximum absolute atomic E-state index is 12.0. The Morgan fingerprint density at radius 1 is 1.09 bits per heavy atom. The molecule has 0 aliphatic carbocycles. The van der Waals surface area contributed by atoms with Crippen molar-refractivity contribution in [1.29, 1.82) is 0 Å². The van der Waals surface area contributed by atoms with Gasteiger partial charge in [0.15, 0.2) is 0 Å². The van der Waals surface area contributed by atoms with Crippen molar-refractivity contribution in [3.8, 4) is 0 Å². The summed E-state index contributed by atoms with van der Waals surface area (Å²) in [5.41, 5.74) is 9.92. The van der Waals surface area contributed by atoms with Crippen LogP contribution in [0.5, 0.6) is 0 Å². The van der Waals surface area contributed by atoms with Crippen LogP contribution in [0.1, 0.15) is 21.5 Å². The van der Waals surface area contributed by atoms with Crippen molar-refractivity contribution in [2.75, 3.05) is 24.7 Å². The second kappa shape index (κ2) is 9.07. The molecule has 0 aliphatic rings. The van der Waals surface area contributed by atoms with Crippen molar-refractivity contribution in [2.45, 2.75) is 13.1 Å². The van der Waals surface area contributed by atoms with Crippen LogP contribution in [-0.4, -0.2) is 39.4 Å². The molecule has 0 fully saturated rings. The third kappa shape index (κ3) is 4.70. The minimum Gasteiger partial charge on any atom is -0.380 e. The SMILES string of the molecule is CN(C)Cc1ccc(Nc2cc(NCc3cccc4ccn(C)c34)c(C(N)=O)cn2)nc1. The lowest BCUT2D eigenvalue weighted by molar-refractivity contribution is 0.100. The Morgan fingerprint density at radius 3 is 2.62 bits per heavy atom. The first-order valence-electron chi connectivity index (χ1n) is 10.3. The third-order valence-electron chi connectivity index (χ3n) is 5.20. The van der Waals surface area contributed by atoms with Crippen molar-refractivity contribution in [2.24, 2.45) is 12.8 Å². The average molecular weight is 430 g/mol. The minimum absolute atomic E-state index is 0.337. The van der Waals surface area contributed by atoms with Gasteiger partial charge in [-0.1, -0.05) is 24.3 Å². The molecule has 1 aromatic carbocycles. The van der Waals surface area contributed by atoms with E-state index in [1.807, 2.05) is 51.7 Å². The van der Waals surface area contributed by atoms with Gasteiger partial charge in [0.05, 0.1) is 16.8 Å². The van der Waals surface area contributed by atoms with Crippen molar-refractivity contribution >= 4 is 34.1 Å². The number of nitrogens with two attached hydrogens (primary N) is 1. The standard InChI is InChI=1S/C24H27N7O/c1-30(2)15-16-7-8-21(27-12-16)29-22-11-20(19(14-28-22)24(25)32)26-13-18-6-4-5-17-9-10-31(3)23(17)18/h4-12,14H,13,15H2,1-3H3,(H2,25,32)(H2,26,27,28,29). The molecular weight excluding hydrogens is 402 g/mol. The second-order valence-electron chi connectivity index (χ2n) is 8.03. The van der Waals surface area contributed by atoms with Gasteiger partial charge in [-0.2, -0.15) is 0 Å². The molecule has 0 saturated carbocycles. The fourth-order valence-electron chi connectivity index (χ4n) is 3.73. The molecular formula is C24H27N7O. The molecule has 3 heterocycles. The molecule has 0 radical (unpaired) electrons. The molecule has 1 amide bonds. The molecule has 3 aromatic heterocycles. The molecule has 8 heteroatoms. The highest BCUT2D eigenvalue weighted by atomic mass is 16.1. The van der Waals surface area contributed by atoms with Crippen LogP contribution in [0.25, 0.3) is 10.9 Å². The quantitative estimate of drug-likeness (QED) is 0.396. The van der Waals surface area contributed by atoms with Crippen molar-refractivity contribution < 1.29 is 4.79 Å². The maximum Gasteiger partial charge on any atom is 0.252 e. The van der Waals surface area contributed by atoms with Crippen LogP contribution in [0, 0.1) is 0 Å². The zero-order valence-corrected chi connectivity index (χ0v) is 18.5. The van der Waals surface area contributed by atoms with Crippen molar-refractivity contribution in [3.05, 3.63) is 77.7 Å². The van der Waals surface area contributed by atoms with Gasteiger partial charge in [-0.15, -0.1) is 0 Å². The number of hydrogen-bond donors (Lipinski definition) is 3. The third-order valence-corrected chi connectivity index (χ3v) is 5.20. The Kier molecular flexibility index (Phi) is 6.04. The zero-order chi connectivity index (χ0) is 22.7. The Hall–Kier alpha value is -3.91. The summed E-state index contributed by atoms with van der Waals surface area (Å²) in [5.74, 6) is 0.712. The molecule has 0 spiro atoms. The molecule has 4 aromatic rings. The number of benzene rings is 1. The number of nitrogens with one attached hydrogen (secondary N) is 2. The predicted octanol–water partition coefficient (Wildman–Crippen LogP) is 3.48. The van der Waals surface area contributed by atoms with E-state index < -0.39 is 5.91 Å². The number of aromatic nitrogens is 3. The van der Waals surface area contributed by atoms with E-state index in [0.717, 1.165) is 23.2 Å². The highest BCUT2D eigenvalue weighted by Crippen LogP contribution is 2.24. The van der Waals surface area contributed by atoms with Gasteiger partial charge >= 0.3 is 0 Å². The first kappa shape index (κ1) is 21.3. The first-order valence-corrected chi connectivity index (χ1v) is 10.3. The van der Waals surface area contributed by atoms with Gasteiger partial charge in [0.1, 0.15) is 11.6 Å². The molecule has 0 bridgehead atoms. The topological polar surface area (TPSA) is 101 Å². The van der Waals surface area contributed by atoms with Gasteiger partial charge in [0.25, 0.3) is 5.91 Å². The zero-order valence-electron chi connectivity index (χ0n) is 18.5. The van der Waals surface area contributed by atoms with Crippen LogP contribution in [0.15, 0.2) is 61.1 Å². The number of fused-ring (bicyclic) bond motifs is 1. The van der Waals surface area contributed by atoms with E-state index in [1.165, 1.54) is 11.6 Å². The van der Waals surface area contributed by atoms with E-state index in [2.05, 4.69) is 48.3 Å². The Balaban J connectivity index is 1.55.